The van der Waals surface area contributed by atoms with Gasteiger partial charge in [-0.05, 0) is 45.4 Å². The van der Waals surface area contributed by atoms with E-state index in [2.05, 4.69) is 10.2 Å². The summed E-state index contributed by atoms with van der Waals surface area (Å²) in [6.45, 7) is 5.14. The van der Waals surface area contributed by atoms with Crippen molar-refractivity contribution in [2.24, 2.45) is 0 Å². The quantitative estimate of drug-likeness (QED) is 0.718. The number of hydrogen-bond acceptors (Lipinski definition) is 5. The monoisotopic (exact) mass is 296 g/mol. The third kappa shape index (κ3) is 3.96. The fourth-order valence-electron chi connectivity index (χ4n) is 3.62. The first-order valence-electron chi connectivity index (χ1n) is 8.56. The molecule has 0 amide bonds. The lowest BCUT2D eigenvalue weighted by Crippen LogP contribution is -2.50. The smallest absolute Gasteiger partial charge is 0.323 e. The summed E-state index contributed by atoms with van der Waals surface area (Å²) in [7, 11) is 0. The average Bonchev–Trinajstić information content (AvgIpc) is 3.17. The molecule has 1 saturated heterocycles. The number of rotatable bonds is 7. The van der Waals surface area contributed by atoms with Crippen LogP contribution in [0.15, 0.2) is 0 Å². The van der Waals surface area contributed by atoms with Crippen LogP contribution in [0.3, 0.4) is 0 Å². The normalized spacial score (nSPS) is 30.9. The van der Waals surface area contributed by atoms with Crippen molar-refractivity contribution >= 4 is 5.97 Å². The lowest BCUT2D eigenvalue weighted by molar-refractivity contribution is -0.146. The average molecular weight is 296 g/mol. The van der Waals surface area contributed by atoms with E-state index in [1.807, 2.05) is 6.92 Å². The molecule has 120 valence electrons. The number of nitrogens with one attached hydrogen (secondary N) is 1. The van der Waals surface area contributed by atoms with Gasteiger partial charge in [0.05, 0.1) is 19.3 Å². The number of carbonyl (C=O) groups excluding carboxylic acids is 1. The Labute approximate surface area is 127 Å². The van der Waals surface area contributed by atoms with Crippen LogP contribution in [0.4, 0.5) is 0 Å². The summed E-state index contributed by atoms with van der Waals surface area (Å²) in [4.78, 5) is 14.6. The van der Waals surface area contributed by atoms with Crippen LogP contribution < -0.4 is 5.32 Å². The van der Waals surface area contributed by atoms with Gasteiger partial charge in [0.25, 0.3) is 0 Å². The lowest BCUT2D eigenvalue weighted by atomic mass is 10.1. The zero-order valence-electron chi connectivity index (χ0n) is 13.1. The van der Waals surface area contributed by atoms with Gasteiger partial charge in [-0.15, -0.1) is 0 Å². The van der Waals surface area contributed by atoms with Gasteiger partial charge in [-0.2, -0.15) is 0 Å². The first-order valence-corrected chi connectivity index (χ1v) is 8.56. The van der Waals surface area contributed by atoms with Crippen LogP contribution >= 0.6 is 0 Å². The maximum atomic E-state index is 12.1. The second-order valence-electron chi connectivity index (χ2n) is 6.48. The number of carbonyl (C=O) groups is 1. The molecule has 0 aromatic carbocycles. The zero-order valence-corrected chi connectivity index (χ0v) is 13.1. The summed E-state index contributed by atoms with van der Waals surface area (Å²) in [6, 6.07) is 0.964. The molecular formula is C16H28N2O3. The Balaban J connectivity index is 1.51. The van der Waals surface area contributed by atoms with Crippen molar-refractivity contribution in [3.63, 3.8) is 0 Å². The predicted molar refractivity (Wildman–Crippen MR) is 80.1 cm³/mol. The van der Waals surface area contributed by atoms with Crippen LogP contribution in [0.5, 0.6) is 0 Å². The molecule has 0 bridgehead atoms. The number of morpholine rings is 1. The van der Waals surface area contributed by atoms with Crippen LogP contribution in [-0.4, -0.2) is 61.4 Å². The molecule has 2 saturated carbocycles. The Bertz CT molecular complexity index is 359. The second-order valence-corrected chi connectivity index (χ2v) is 6.48. The van der Waals surface area contributed by atoms with Gasteiger partial charge in [0.2, 0.25) is 0 Å². The summed E-state index contributed by atoms with van der Waals surface area (Å²) in [5.74, 6) is -0.0827. The molecule has 21 heavy (non-hydrogen) atoms. The maximum absolute atomic E-state index is 12.1. The third-order valence-corrected chi connectivity index (χ3v) is 4.89. The minimum absolute atomic E-state index is 0.0827. The highest BCUT2D eigenvalue weighted by Crippen LogP contribution is 2.30. The number of esters is 1. The molecule has 0 aromatic rings. The van der Waals surface area contributed by atoms with E-state index < -0.39 is 0 Å². The molecular weight excluding hydrogens is 268 g/mol. The molecule has 1 heterocycles. The van der Waals surface area contributed by atoms with E-state index in [0.717, 1.165) is 26.1 Å². The number of ether oxygens (including phenoxy) is 2. The summed E-state index contributed by atoms with van der Waals surface area (Å²) < 4.78 is 11.1. The summed E-state index contributed by atoms with van der Waals surface area (Å²) >= 11 is 0. The van der Waals surface area contributed by atoms with Gasteiger partial charge >= 0.3 is 5.97 Å². The molecule has 3 fully saturated rings. The van der Waals surface area contributed by atoms with Crippen molar-refractivity contribution in [3.8, 4) is 0 Å². The molecule has 1 N–H and O–H groups in total. The van der Waals surface area contributed by atoms with E-state index in [1.165, 1.54) is 32.1 Å². The van der Waals surface area contributed by atoms with Crippen molar-refractivity contribution < 1.29 is 14.3 Å². The summed E-state index contributed by atoms with van der Waals surface area (Å²) in [5, 5.41) is 3.44. The van der Waals surface area contributed by atoms with E-state index in [1.54, 1.807) is 0 Å². The van der Waals surface area contributed by atoms with Crippen LogP contribution in [-0.2, 0) is 14.3 Å². The fourth-order valence-corrected chi connectivity index (χ4v) is 3.62. The van der Waals surface area contributed by atoms with E-state index >= 15 is 0 Å². The van der Waals surface area contributed by atoms with Crippen molar-refractivity contribution in [3.05, 3.63) is 0 Å². The second kappa shape index (κ2) is 7.07. The highest BCUT2D eigenvalue weighted by Gasteiger charge is 2.37. The van der Waals surface area contributed by atoms with Gasteiger partial charge in [-0.1, -0.05) is 0 Å². The van der Waals surface area contributed by atoms with E-state index in [9.17, 15) is 4.79 Å². The number of hydrogen-bond donors (Lipinski definition) is 1. The van der Waals surface area contributed by atoms with Crippen LogP contribution in [0.2, 0.25) is 0 Å². The lowest BCUT2D eigenvalue weighted by Gasteiger charge is -2.38. The minimum atomic E-state index is -0.139. The molecule has 0 aromatic heterocycles. The van der Waals surface area contributed by atoms with Crippen molar-refractivity contribution in [2.75, 3.05) is 26.3 Å². The molecule has 0 spiro atoms. The molecule has 0 radical (unpaired) electrons. The number of fused-ring (bicyclic) bond motifs is 1. The van der Waals surface area contributed by atoms with Gasteiger partial charge in [0.1, 0.15) is 6.04 Å². The maximum Gasteiger partial charge on any atom is 0.323 e. The van der Waals surface area contributed by atoms with Crippen LogP contribution in [0, 0.1) is 0 Å². The zero-order chi connectivity index (χ0) is 14.7. The van der Waals surface area contributed by atoms with Crippen molar-refractivity contribution in [1.29, 1.82) is 0 Å². The fraction of sp³-hybridized carbons (Fsp3) is 0.938. The van der Waals surface area contributed by atoms with Gasteiger partial charge in [0.15, 0.2) is 0 Å². The molecule has 5 nitrogen and oxygen atoms in total. The SMILES string of the molecule is CCOC(=O)C(CCN1CCOC2CCCC21)NC1CC1. The molecule has 3 aliphatic rings. The Kier molecular flexibility index (Phi) is 5.14. The van der Waals surface area contributed by atoms with Gasteiger partial charge < -0.3 is 14.8 Å². The molecule has 1 aliphatic heterocycles. The minimum Gasteiger partial charge on any atom is -0.465 e. The first-order chi connectivity index (χ1) is 10.3. The number of nitrogens with zero attached hydrogens (tertiary/aromatic N) is 1. The van der Waals surface area contributed by atoms with Crippen LogP contribution in [0.1, 0.15) is 45.4 Å². The first kappa shape index (κ1) is 15.3. The molecule has 5 heteroatoms. The topological polar surface area (TPSA) is 50.8 Å². The van der Waals surface area contributed by atoms with E-state index in [-0.39, 0.29) is 12.0 Å². The largest absolute Gasteiger partial charge is 0.465 e. The molecule has 2 aliphatic carbocycles. The summed E-state index contributed by atoms with van der Waals surface area (Å²) in [6.07, 6.45) is 7.37. The summed E-state index contributed by atoms with van der Waals surface area (Å²) in [5.41, 5.74) is 0. The van der Waals surface area contributed by atoms with E-state index in [0.29, 0.717) is 24.8 Å². The third-order valence-electron chi connectivity index (χ3n) is 4.89. The van der Waals surface area contributed by atoms with Crippen LogP contribution in [0.25, 0.3) is 0 Å². The van der Waals surface area contributed by atoms with Gasteiger partial charge in [-0.25, -0.2) is 0 Å². The van der Waals surface area contributed by atoms with Crippen molar-refractivity contribution in [1.82, 2.24) is 10.2 Å². The Morgan fingerprint density at radius 2 is 2.24 bits per heavy atom. The molecule has 3 unspecified atom stereocenters. The predicted octanol–water partition coefficient (Wildman–Crippen LogP) is 1.31. The Morgan fingerprint density at radius 1 is 1.38 bits per heavy atom. The van der Waals surface area contributed by atoms with E-state index in [4.69, 9.17) is 9.47 Å². The van der Waals surface area contributed by atoms with Gasteiger partial charge in [0, 0.05) is 25.2 Å². The molecule has 3 rings (SSSR count). The van der Waals surface area contributed by atoms with Gasteiger partial charge in [-0.3, -0.25) is 9.69 Å². The highest BCUT2D eigenvalue weighted by atomic mass is 16.5. The van der Waals surface area contributed by atoms with Crippen molar-refractivity contribution in [2.45, 2.75) is 69.7 Å². The Hall–Kier alpha value is -0.650. The molecule has 3 atom stereocenters. The Morgan fingerprint density at radius 3 is 3.00 bits per heavy atom. The highest BCUT2D eigenvalue weighted by molar-refractivity contribution is 5.75. The standard InChI is InChI=1S/C16H28N2O3/c1-2-20-16(19)13(17-12-6-7-12)8-9-18-10-11-21-15-5-3-4-14(15)18/h12-15,17H,2-11H2,1H3.